The topological polar surface area (TPSA) is 20.2 Å². The molecule has 1 rings (SSSR count). The maximum absolute atomic E-state index is 10.1. The second kappa shape index (κ2) is 11.3. The summed E-state index contributed by atoms with van der Waals surface area (Å²) in [7, 11) is 0. The van der Waals surface area contributed by atoms with Crippen molar-refractivity contribution in [3.05, 3.63) is 60.2 Å². The summed E-state index contributed by atoms with van der Waals surface area (Å²) in [5.41, 5.74) is 2.06. The van der Waals surface area contributed by atoms with E-state index in [2.05, 4.69) is 25.7 Å². The van der Waals surface area contributed by atoms with Crippen molar-refractivity contribution in [1.82, 2.24) is 0 Å². The van der Waals surface area contributed by atoms with Crippen molar-refractivity contribution >= 4 is 0 Å². The molecule has 1 aromatic rings. The summed E-state index contributed by atoms with van der Waals surface area (Å²) < 4.78 is 0. The summed E-state index contributed by atoms with van der Waals surface area (Å²) in [6.07, 6.45) is 13.4. The Bertz CT molecular complexity index is 405. The first-order chi connectivity index (χ1) is 10.2. The molecule has 0 spiro atoms. The fraction of sp³-hybridized carbons (Fsp3) is 0.500. The SMILES string of the molecule is C=C(C/C=C/CCCCCCC)CC(O)c1ccccc1. The van der Waals surface area contributed by atoms with Gasteiger partial charge in [0, 0.05) is 0 Å². The van der Waals surface area contributed by atoms with Gasteiger partial charge in [0.15, 0.2) is 0 Å². The van der Waals surface area contributed by atoms with Crippen LogP contribution < -0.4 is 0 Å². The molecule has 1 heteroatoms. The van der Waals surface area contributed by atoms with Crippen LogP contribution in [0.4, 0.5) is 0 Å². The first kappa shape index (κ1) is 17.7. The van der Waals surface area contributed by atoms with Gasteiger partial charge in [0.05, 0.1) is 6.10 Å². The van der Waals surface area contributed by atoms with Crippen LogP contribution in [0.25, 0.3) is 0 Å². The Morgan fingerprint density at radius 1 is 1.10 bits per heavy atom. The van der Waals surface area contributed by atoms with Crippen LogP contribution in [0.15, 0.2) is 54.6 Å². The summed E-state index contributed by atoms with van der Waals surface area (Å²) in [4.78, 5) is 0. The Balaban J connectivity index is 2.13. The predicted octanol–water partition coefficient (Wildman–Crippen LogP) is 5.97. The molecule has 0 aromatic heterocycles. The quantitative estimate of drug-likeness (QED) is 0.392. The van der Waals surface area contributed by atoms with Crippen LogP contribution in [-0.2, 0) is 0 Å². The lowest BCUT2D eigenvalue weighted by Crippen LogP contribution is -1.98. The van der Waals surface area contributed by atoms with Gasteiger partial charge in [-0.1, -0.05) is 87.2 Å². The lowest BCUT2D eigenvalue weighted by atomic mass is 10.0. The zero-order valence-electron chi connectivity index (χ0n) is 13.4. The number of allylic oxidation sites excluding steroid dienone is 2. The molecule has 0 saturated carbocycles. The molecule has 0 aliphatic rings. The minimum absolute atomic E-state index is 0.429. The number of aliphatic hydroxyl groups excluding tert-OH is 1. The number of aliphatic hydroxyl groups is 1. The lowest BCUT2D eigenvalue weighted by Gasteiger charge is -2.11. The number of benzene rings is 1. The predicted molar refractivity (Wildman–Crippen MR) is 92.3 cm³/mol. The molecular formula is C20H30O. The molecule has 21 heavy (non-hydrogen) atoms. The van der Waals surface area contributed by atoms with Gasteiger partial charge in [-0.15, -0.1) is 0 Å². The van der Waals surface area contributed by atoms with Gasteiger partial charge in [0.2, 0.25) is 0 Å². The molecule has 0 radical (unpaired) electrons. The lowest BCUT2D eigenvalue weighted by molar-refractivity contribution is 0.178. The first-order valence-electron chi connectivity index (χ1n) is 8.28. The largest absolute Gasteiger partial charge is 0.388 e. The normalized spacial score (nSPS) is 12.7. The fourth-order valence-electron chi connectivity index (χ4n) is 2.38. The van der Waals surface area contributed by atoms with Crippen molar-refractivity contribution in [2.24, 2.45) is 0 Å². The third-order valence-electron chi connectivity index (χ3n) is 3.71. The molecule has 1 N–H and O–H groups in total. The molecule has 1 nitrogen and oxygen atoms in total. The van der Waals surface area contributed by atoms with Crippen LogP contribution in [0.2, 0.25) is 0 Å². The van der Waals surface area contributed by atoms with Crippen LogP contribution in [0.1, 0.15) is 70.0 Å². The molecule has 1 atom stereocenters. The average molecular weight is 286 g/mol. The van der Waals surface area contributed by atoms with Gasteiger partial charge in [0.1, 0.15) is 0 Å². The monoisotopic (exact) mass is 286 g/mol. The zero-order valence-corrected chi connectivity index (χ0v) is 13.4. The number of hydrogen-bond acceptors (Lipinski definition) is 1. The molecular weight excluding hydrogens is 256 g/mol. The molecule has 0 bridgehead atoms. The van der Waals surface area contributed by atoms with E-state index in [1.807, 2.05) is 30.3 Å². The molecule has 116 valence electrons. The van der Waals surface area contributed by atoms with Crippen molar-refractivity contribution < 1.29 is 5.11 Å². The smallest absolute Gasteiger partial charge is 0.0827 e. The van der Waals surface area contributed by atoms with Crippen molar-refractivity contribution in [2.45, 2.75) is 64.4 Å². The highest BCUT2D eigenvalue weighted by Crippen LogP contribution is 2.21. The minimum Gasteiger partial charge on any atom is -0.388 e. The van der Waals surface area contributed by atoms with Crippen molar-refractivity contribution in [2.75, 3.05) is 0 Å². The highest BCUT2D eigenvalue weighted by Gasteiger charge is 2.07. The number of unbranched alkanes of at least 4 members (excludes halogenated alkanes) is 5. The van der Waals surface area contributed by atoms with Gasteiger partial charge in [-0.3, -0.25) is 0 Å². The van der Waals surface area contributed by atoms with E-state index in [0.29, 0.717) is 6.42 Å². The van der Waals surface area contributed by atoms with E-state index in [-0.39, 0.29) is 0 Å². The Labute approximate surface area is 130 Å². The van der Waals surface area contributed by atoms with Gasteiger partial charge in [-0.25, -0.2) is 0 Å². The summed E-state index contributed by atoms with van der Waals surface area (Å²) in [5.74, 6) is 0. The third-order valence-corrected chi connectivity index (χ3v) is 3.71. The van der Waals surface area contributed by atoms with E-state index in [0.717, 1.165) is 24.0 Å². The molecule has 1 aromatic carbocycles. The van der Waals surface area contributed by atoms with E-state index in [9.17, 15) is 5.11 Å². The molecule has 0 fully saturated rings. The van der Waals surface area contributed by atoms with E-state index in [1.165, 1.54) is 32.1 Å². The van der Waals surface area contributed by atoms with Crippen LogP contribution in [0, 0.1) is 0 Å². The Morgan fingerprint density at radius 2 is 1.81 bits per heavy atom. The maximum Gasteiger partial charge on any atom is 0.0827 e. The zero-order chi connectivity index (χ0) is 15.3. The van der Waals surface area contributed by atoms with Crippen LogP contribution in [-0.4, -0.2) is 5.11 Å². The molecule has 0 saturated heterocycles. The Morgan fingerprint density at radius 3 is 2.52 bits per heavy atom. The molecule has 0 aliphatic carbocycles. The van der Waals surface area contributed by atoms with Crippen molar-refractivity contribution in [3.8, 4) is 0 Å². The summed E-state index contributed by atoms with van der Waals surface area (Å²) >= 11 is 0. The Kier molecular flexibility index (Phi) is 9.56. The highest BCUT2D eigenvalue weighted by atomic mass is 16.3. The summed E-state index contributed by atoms with van der Waals surface area (Å²) in [6, 6.07) is 9.81. The molecule has 1 unspecified atom stereocenters. The van der Waals surface area contributed by atoms with Gasteiger partial charge in [-0.05, 0) is 31.2 Å². The van der Waals surface area contributed by atoms with Gasteiger partial charge in [0.25, 0.3) is 0 Å². The second-order valence-electron chi connectivity index (χ2n) is 5.76. The number of rotatable bonds is 11. The molecule has 0 amide bonds. The van der Waals surface area contributed by atoms with Crippen LogP contribution in [0.5, 0.6) is 0 Å². The minimum atomic E-state index is -0.429. The van der Waals surface area contributed by atoms with E-state index >= 15 is 0 Å². The fourth-order valence-corrected chi connectivity index (χ4v) is 2.38. The van der Waals surface area contributed by atoms with Gasteiger partial charge >= 0.3 is 0 Å². The van der Waals surface area contributed by atoms with Crippen LogP contribution >= 0.6 is 0 Å². The molecule has 0 heterocycles. The third kappa shape index (κ3) is 8.52. The highest BCUT2D eigenvalue weighted by molar-refractivity contribution is 5.19. The second-order valence-corrected chi connectivity index (χ2v) is 5.76. The van der Waals surface area contributed by atoms with E-state index < -0.39 is 6.10 Å². The average Bonchev–Trinajstić information content (AvgIpc) is 2.50. The van der Waals surface area contributed by atoms with Crippen molar-refractivity contribution in [1.29, 1.82) is 0 Å². The van der Waals surface area contributed by atoms with E-state index in [1.54, 1.807) is 0 Å². The standard InChI is InChI=1S/C20H30O/c1-3-4-5-6-7-8-9-11-14-18(2)17-20(21)19-15-12-10-13-16-19/h9-13,15-16,20-21H,2-8,14,17H2,1H3/b11-9+. The summed E-state index contributed by atoms with van der Waals surface area (Å²) in [5, 5.41) is 10.1. The van der Waals surface area contributed by atoms with Gasteiger partial charge < -0.3 is 5.11 Å². The van der Waals surface area contributed by atoms with Gasteiger partial charge in [-0.2, -0.15) is 0 Å². The first-order valence-corrected chi connectivity index (χ1v) is 8.28. The Hall–Kier alpha value is -1.34. The maximum atomic E-state index is 10.1. The summed E-state index contributed by atoms with van der Waals surface area (Å²) in [6.45, 7) is 6.31. The molecule has 0 aliphatic heterocycles. The van der Waals surface area contributed by atoms with E-state index in [4.69, 9.17) is 0 Å². The number of hydrogen-bond donors (Lipinski definition) is 1. The van der Waals surface area contributed by atoms with Crippen molar-refractivity contribution in [3.63, 3.8) is 0 Å². The van der Waals surface area contributed by atoms with Crippen LogP contribution in [0.3, 0.4) is 0 Å².